The van der Waals surface area contributed by atoms with Gasteiger partial charge in [-0.15, -0.1) is 0 Å². The van der Waals surface area contributed by atoms with Gasteiger partial charge in [-0.1, -0.05) is 32.3 Å². The molecule has 3 aromatic rings. The Bertz CT molecular complexity index is 1350. The highest BCUT2D eigenvalue weighted by Gasteiger charge is 2.41. The number of benzene rings is 2. The van der Waals surface area contributed by atoms with Crippen LogP contribution in [0.2, 0.25) is 0 Å². The van der Waals surface area contributed by atoms with E-state index < -0.39 is 5.97 Å². The maximum absolute atomic E-state index is 12.8. The van der Waals surface area contributed by atoms with E-state index in [0.29, 0.717) is 17.4 Å². The molecular formula is C33H39N3O5. The number of rotatable bonds is 10. The fourth-order valence-corrected chi connectivity index (χ4v) is 6.12. The quantitative estimate of drug-likeness (QED) is 0.305. The van der Waals surface area contributed by atoms with Crippen LogP contribution in [-0.2, 0) is 4.79 Å². The molecule has 41 heavy (non-hydrogen) atoms. The predicted molar refractivity (Wildman–Crippen MR) is 159 cm³/mol. The molecule has 0 saturated heterocycles. The summed E-state index contributed by atoms with van der Waals surface area (Å²) >= 11 is 0. The number of carboxylic acid groups (broad SMARTS) is 1. The zero-order valence-corrected chi connectivity index (χ0v) is 24.0. The summed E-state index contributed by atoms with van der Waals surface area (Å²) in [5.74, 6) is 1.10. The minimum atomic E-state index is -0.919. The number of pyridine rings is 1. The molecular weight excluding hydrogens is 518 g/mol. The zero-order valence-electron chi connectivity index (χ0n) is 24.0. The summed E-state index contributed by atoms with van der Waals surface area (Å²) in [7, 11) is 3.24. The van der Waals surface area contributed by atoms with Crippen LogP contribution in [0.3, 0.4) is 0 Å². The lowest BCUT2D eigenvalue weighted by atomic mass is 9.78. The number of ether oxygens (including phenoxy) is 2. The van der Waals surface area contributed by atoms with Gasteiger partial charge in [0.05, 0.1) is 19.6 Å². The van der Waals surface area contributed by atoms with Crippen LogP contribution in [0.4, 0.5) is 5.69 Å². The van der Waals surface area contributed by atoms with Crippen molar-refractivity contribution in [2.45, 2.75) is 63.5 Å². The lowest BCUT2D eigenvalue weighted by Gasteiger charge is -2.36. The third-order valence-electron chi connectivity index (χ3n) is 8.52. The van der Waals surface area contributed by atoms with E-state index in [1.54, 1.807) is 14.2 Å². The monoisotopic (exact) mass is 557 g/mol. The molecule has 2 N–H and O–H groups in total. The number of amides is 1. The molecule has 8 nitrogen and oxygen atoms in total. The van der Waals surface area contributed by atoms with Crippen LogP contribution in [0.15, 0.2) is 60.8 Å². The van der Waals surface area contributed by atoms with E-state index >= 15 is 0 Å². The number of fused-ring (bicyclic) bond motifs is 1. The average Bonchev–Trinajstić information content (AvgIpc) is 3.34. The van der Waals surface area contributed by atoms with Crippen molar-refractivity contribution in [2.24, 2.45) is 5.92 Å². The number of carbonyl (C=O) groups is 2. The van der Waals surface area contributed by atoms with Gasteiger partial charge in [-0.3, -0.25) is 9.59 Å². The number of aliphatic carboxylic acids is 1. The summed E-state index contributed by atoms with van der Waals surface area (Å²) in [6.45, 7) is 2.42. The number of anilines is 1. The van der Waals surface area contributed by atoms with Gasteiger partial charge in [0.25, 0.3) is 5.91 Å². The van der Waals surface area contributed by atoms with Gasteiger partial charge in [0.2, 0.25) is 5.88 Å². The van der Waals surface area contributed by atoms with Crippen LogP contribution < -0.4 is 14.8 Å². The average molecular weight is 558 g/mol. The molecule has 1 aliphatic carbocycles. The Balaban J connectivity index is 1.34. The van der Waals surface area contributed by atoms with Crippen LogP contribution in [0.5, 0.6) is 11.6 Å². The zero-order chi connectivity index (χ0) is 28.9. The molecule has 8 heteroatoms. The number of nitrogens with one attached hydrogen (secondary N) is 1. The van der Waals surface area contributed by atoms with Crippen molar-refractivity contribution < 1.29 is 24.2 Å². The minimum absolute atomic E-state index is 0.0270. The van der Waals surface area contributed by atoms with Gasteiger partial charge < -0.3 is 24.8 Å². The van der Waals surface area contributed by atoms with E-state index in [1.807, 2.05) is 42.6 Å². The summed E-state index contributed by atoms with van der Waals surface area (Å²) in [4.78, 5) is 29.5. The van der Waals surface area contributed by atoms with Gasteiger partial charge in [-0.05, 0) is 66.8 Å². The van der Waals surface area contributed by atoms with Crippen LogP contribution >= 0.6 is 0 Å². The highest BCUT2D eigenvalue weighted by molar-refractivity contribution is 5.94. The van der Waals surface area contributed by atoms with Gasteiger partial charge in [-0.25, -0.2) is 4.98 Å². The maximum atomic E-state index is 12.8. The molecule has 1 aliphatic heterocycles. The van der Waals surface area contributed by atoms with E-state index in [-0.39, 0.29) is 36.9 Å². The minimum Gasteiger partial charge on any atom is -0.487 e. The number of carboxylic acids is 1. The van der Waals surface area contributed by atoms with Crippen molar-refractivity contribution in [3.8, 4) is 22.8 Å². The Hall–Kier alpha value is -4.07. The lowest BCUT2D eigenvalue weighted by molar-refractivity contribution is -0.137. The largest absolute Gasteiger partial charge is 0.487 e. The first-order valence-electron chi connectivity index (χ1n) is 14.5. The van der Waals surface area contributed by atoms with Crippen molar-refractivity contribution in [3.63, 3.8) is 0 Å². The maximum Gasteiger partial charge on any atom is 0.305 e. The van der Waals surface area contributed by atoms with Gasteiger partial charge in [0.15, 0.2) is 0 Å². The molecule has 1 fully saturated rings. The van der Waals surface area contributed by atoms with Gasteiger partial charge in [-0.2, -0.15) is 0 Å². The van der Waals surface area contributed by atoms with Crippen LogP contribution in [0.1, 0.15) is 67.3 Å². The van der Waals surface area contributed by atoms with E-state index in [0.717, 1.165) is 35.4 Å². The van der Waals surface area contributed by atoms with E-state index in [9.17, 15) is 9.59 Å². The van der Waals surface area contributed by atoms with Gasteiger partial charge >= 0.3 is 5.97 Å². The second kappa shape index (κ2) is 12.6. The molecule has 2 aliphatic rings. The number of methoxy groups -OCH3 is 1. The van der Waals surface area contributed by atoms with E-state index in [4.69, 9.17) is 14.6 Å². The lowest BCUT2D eigenvalue weighted by Crippen LogP contribution is -2.44. The van der Waals surface area contributed by atoms with Crippen molar-refractivity contribution >= 4 is 17.6 Å². The Kier molecular flexibility index (Phi) is 8.76. The summed E-state index contributed by atoms with van der Waals surface area (Å²) in [5.41, 5.74) is 4.83. The molecule has 2 heterocycles. The first-order valence-corrected chi connectivity index (χ1v) is 14.5. The predicted octanol–water partition coefficient (Wildman–Crippen LogP) is 6.23. The van der Waals surface area contributed by atoms with E-state index in [1.165, 1.54) is 29.7 Å². The number of aromatic nitrogens is 1. The summed E-state index contributed by atoms with van der Waals surface area (Å²) < 4.78 is 11.9. The molecule has 1 aromatic heterocycles. The first kappa shape index (κ1) is 28.5. The summed E-state index contributed by atoms with van der Waals surface area (Å²) in [6, 6.07) is 17.9. The molecule has 1 saturated carbocycles. The Morgan fingerprint density at radius 1 is 1.07 bits per heavy atom. The molecule has 3 atom stereocenters. The molecule has 3 unspecified atom stereocenters. The molecule has 2 aromatic carbocycles. The highest BCUT2D eigenvalue weighted by Crippen LogP contribution is 2.44. The smallest absolute Gasteiger partial charge is 0.305 e. The SMILES string of the molecule is COc1ccc(-c2ccc3c(c2)C(C)C(C(Nc2ccc(C(=O)N(C)CCC(=O)O)cc2)C2CCCCC2)O3)cn1. The molecule has 0 spiro atoms. The van der Waals surface area contributed by atoms with Crippen LogP contribution in [-0.4, -0.2) is 59.7 Å². The standard InChI is InChI=1S/C33H39N3O5/c1-21-27-19-24(25-12-16-29(40-3)34-20-25)11-15-28(27)41-32(21)31(22-7-5-4-6-8-22)35-26-13-9-23(10-14-26)33(39)36(2)18-17-30(37)38/h9-16,19-22,31-32,35H,4-8,17-18H2,1-3H3,(H,37,38). The third kappa shape index (κ3) is 6.47. The number of nitrogens with zero attached hydrogens (tertiary/aromatic N) is 2. The Morgan fingerprint density at radius 2 is 1.80 bits per heavy atom. The van der Waals surface area contributed by atoms with Crippen molar-refractivity contribution in [1.29, 1.82) is 0 Å². The normalized spacial score (nSPS) is 19.1. The molecule has 216 valence electrons. The van der Waals surface area contributed by atoms with Gasteiger partial charge in [0, 0.05) is 54.2 Å². The second-order valence-corrected chi connectivity index (χ2v) is 11.2. The first-order chi connectivity index (χ1) is 19.8. The van der Waals surface area contributed by atoms with Crippen molar-refractivity contribution in [1.82, 2.24) is 9.88 Å². The second-order valence-electron chi connectivity index (χ2n) is 11.2. The molecule has 1 amide bonds. The Labute approximate surface area is 241 Å². The molecule has 0 radical (unpaired) electrons. The summed E-state index contributed by atoms with van der Waals surface area (Å²) in [5, 5.41) is 12.7. The highest BCUT2D eigenvalue weighted by atomic mass is 16.5. The van der Waals surface area contributed by atoms with Crippen molar-refractivity contribution in [3.05, 3.63) is 71.9 Å². The van der Waals surface area contributed by atoms with Crippen molar-refractivity contribution in [2.75, 3.05) is 26.0 Å². The fraction of sp³-hybridized carbons (Fsp3) is 0.424. The molecule has 0 bridgehead atoms. The number of carbonyl (C=O) groups excluding carboxylic acids is 1. The third-order valence-corrected chi connectivity index (χ3v) is 8.52. The molecule has 5 rings (SSSR count). The number of hydrogen-bond donors (Lipinski definition) is 2. The van der Waals surface area contributed by atoms with Gasteiger partial charge in [0.1, 0.15) is 11.9 Å². The van der Waals surface area contributed by atoms with Crippen LogP contribution in [0, 0.1) is 5.92 Å². The number of hydrogen-bond acceptors (Lipinski definition) is 6. The topological polar surface area (TPSA) is 101 Å². The van der Waals surface area contributed by atoms with E-state index in [2.05, 4.69) is 35.4 Å². The summed E-state index contributed by atoms with van der Waals surface area (Å²) in [6.07, 6.45) is 7.78. The fourth-order valence-electron chi connectivity index (χ4n) is 6.12. The Morgan fingerprint density at radius 3 is 2.46 bits per heavy atom. The van der Waals surface area contributed by atoms with Crippen LogP contribution in [0.25, 0.3) is 11.1 Å².